The standard InChI is InChI=1S/C10H8ClFO/c1-5-2-7-8(10(5)13)3-6(12)4-9(7)11/h3-5H,2H2,1H3. The summed E-state index contributed by atoms with van der Waals surface area (Å²) in [4.78, 5) is 11.5. The molecule has 1 aromatic carbocycles. The summed E-state index contributed by atoms with van der Waals surface area (Å²) in [6.07, 6.45) is 0.632. The summed E-state index contributed by atoms with van der Waals surface area (Å²) in [5, 5.41) is 0.368. The van der Waals surface area contributed by atoms with Gasteiger partial charge in [0, 0.05) is 16.5 Å². The summed E-state index contributed by atoms with van der Waals surface area (Å²) in [6, 6.07) is 2.53. The van der Waals surface area contributed by atoms with E-state index in [1.807, 2.05) is 6.92 Å². The first kappa shape index (κ1) is 8.70. The normalized spacial score (nSPS) is 20.5. The fourth-order valence-electron chi connectivity index (χ4n) is 1.70. The molecule has 0 amide bonds. The molecule has 0 aliphatic heterocycles. The molecule has 1 atom stereocenters. The molecule has 68 valence electrons. The Hall–Kier alpha value is -0.890. The van der Waals surface area contributed by atoms with Gasteiger partial charge in [-0.3, -0.25) is 4.79 Å². The number of carbonyl (C=O) groups excluding carboxylic acids is 1. The first-order chi connectivity index (χ1) is 6.09. The van der Waals surface area contributed by atoms with Crippen LogP contribution in [0.3, 0.4) is 0 Å². The largest absolute Gasteiger partial charge is 0.294 e. The zero-order valence-electron chi connectivity index (χ0n) is 7.10. The smallest absolute Gasteiger partial charge is 0.166 e. The van der Waals surface area contributed by atoms with Crippen molar-refractivity contribution in [3.8, 4) is 0 Å². The number of rotatable bonds is 0. The SMILES string of the molecule is CC1Cc2c(Cl)cc(F)cc2C1=O. The molecule has 0 radical (unpaired) electrons. The van der Waals surface area contributed by atoms with Crippen LogP contribution < -0.4 is 0 Å². The van der Waals surface area contributed by atoms with Gasteiger partial charge in [0.1, 0.15) is 5.82 Å². The van der Waals surface area contributed by atoms with Gasteiger partial charge < -0.3 is 0 Å². The van der Waals surface area contributed by atoms with Crippen LogP contribution in [0.2, 0.25) is 5.02 Å². The average Bonchev–Trinajstić information content (AvgIpc) is 2.32. The van der Waals surface area contributed by atoms with Gasteiger partial charge in [-0.05, 0) is 24.1 Å². The number of hydrogen-bond acceptors (Lipinski definition) is 1. The molecule has 0 aromatic heterocycles. The molecule has 0 heterocycles. The van der Waals surface area contributed by atoms with Gasteiger partial charge in [0.05, 0.1) is 0 Å². The number of hydrogen-bond donors (Lipinski definition) is 0. The Kier molecular flexibility index (Phi) is 1.88. The zero-order chi connectivity index (χ0) is 9.59. The van der Waals surface area contributed by atoms with E-state index in [-0.39, 0.29) is 11.7 Å². The van der Waals surface area contributed by atoms with Crippen LogP contribution in [-0.2, 0) is 6.42 Å². The van der Waals surface area contributed by atoms with E-state index in [9.17, 15) is 9.18 Å². The van der Waals surface area contributed by atoms with Crippen LogP contribution >= 0.6 is 11.6 Å². The number of Topliss-reactive ketones (excluding diaryl/α,β-unsaturated/α-hetero) is 1. The fraction of sp³-hybridized carbons (Fsp3) is 0.300. The van der Waals surface area contributed by atoms with E-state index >= 15 is 0 Å². The van der Waals surface area contributed by atoms with Crippen LogP contribution in [0.25, 0.3) is 0 Å². The Labute approximate surface area is 80.5 Å². The van der Waals surface area contributed by atoms with E-state index in [4.69, 9.17) is 11.6 Å². The van der Waals surface area contributed by atoms with Crippen LogP contribution in [-0.4, -0.2) is 5.78 Å². The Balaban J connectivity index is 2.64. The Morgan fingerprint density at radius 2 is 2.23 bits per heavy atom. The average molecular weight is 199 g/mol. The summed E-state index contributed by atoms with van der Waals surface area (Å²) in [5.74, 6) is -0.503. The molecule has 0 bridgehead atoms. The highest BCUT2D eigenvalue weighted by Crippen LogP contribution is 2.32. The molecule has 2 rings (SSSR count). The maximum absolute atomic E-state index is 12.9. The van der Waals surface area contributed by atoms with Crippen LogP contribution in [0.15, 0.2) is 12.1 Å². The molecule has 0 N–H and O–H groups in total. The van der Waals surface area contributed by atoms with E-state index in [1.54, 1.807) is 0 Å². The third-order valence-electron chi connectivity index (χ3n) is 2.38. The monoisotopic (exact) mass is 198 g/mol. The third-order valence-corrected chi connectivity index (χ3v) is 2.72. The Morgan fingerprint density at radius 3 is 2.92 bits per heavy atom. The van der Waals surface area contributed by atoms with Crippen molar-refractivity contribution < 1.29 is 9.18 Å². The lowest BCUT2D eigenvalue weighted by atomic mass is 10.1. The van der Waals surface area contributed by atoms with Crippen molar-refractivity contribution in [1.82, 2.24) is 0 Å². The third kappa shape index (κ3) is 1.25. The molecular weight excluding hydrogens is 191 g/mol. The summed E-state index contributed by atoms with van der Waals surface area (Å²) in [6.45, 7) is 1.83. The first-order valence-corrected chi connectivity index (χ1v) is 4.49. The van der Waals surface area contributed by atoms with Gasteiger partial charge in [0.25, 0.3) is 0 Å². The van der Waals surface area contributed by atoms with Crippen molar-refractivity contribution in [2.45, 2.75) is 13.3 Å². The molecule has 3 heteroatoms. The molecule has 0 spiro atoms. The number of fused-ring (bicyclic) bond motifs is 1. The highest BCUT2D eigenvalue weighted by molar-refractivity contribution is 6.32. The highest BCUT2D eigenvalue weighted by atomic mass is 35.5. The molecule has 0 saturated heterocycles. The lowest BCUT2D eigenvalue weighted by molar-refractivity contribution is 0.0946. The van der Waals surface area contributed by atoms with Crippen molar-refractivity contribution in [1.29, 1.82) is 0 Å². The molecule has 13 heavy (non-hydrogen) atoms. The summed E-state index contributed by atoms with van der Waals surface area (Å²) < 4.78 is 12.9. The molecule has 1 aromatic rings. The van der Waals surface area contributed by atoms with Gasteiger partial charge in [-0.15, -0.1) is 0 Å². The Bertz CT molecular complexity index is 387. The number of benzene rings is 1. The first-order valence-electron chi connectivity index (χ1n) is 4.11. The minimum absolute atomic E-state index is 0.00333. The van der Waals surface area contributed by atoms with E-state index < -0.39 is 5.82 Å². The second-order valence-electron chi connectivity index (χ2n) is 3.38. The van der Waals surface area contributed by atoms with Gasteiger partial charge in [-0.2, -0.15) is 0 Å². The van der Waals surface area contributed by atoms with E-state index in [0.717, 1.165) is 5.56 Å². The second kappa shape index (κ2) is 2.81. The summed E-state index contributed by atoms with van der Waals surface area (Å²) in [7, 11) is 0. The molecular formula is C10H8ClFO. The lowest BCUT2D eigenvalue weighted by Crippen LogP contribution is -2.02. The minimum Gasteiger partial charge on any atom is -0.294 e. The van der Waals surface area contributed by atoms with Crippen LogP contribution in [0.4, 0.5) is 4.39 Å². The lowest BCUT2D eigenvalue weighted by Gasteiger charge is -1.99. The highest BCUT2D eigenvalue weighted by Gasteiger charge is 2.29. The quantitative estimate of drug-likeness (QED) is 0.627. The number of ketones is 1. The maximum Gasteiger partial charge on any atom is 0.166 e. The van der Waals surface area contributed by atoms with Crippen LogP contribution in [0, 0.1) is 11.7 Å². The van der Waals surface area contributed by atoms with Gasteiger partial charge in [0.15, 0.2) is 5.78 Å². The molecule has 1 unspecified atom stereocenters. The van der Waals surface area contributed by atoms with Gasteiger partial charge in [-0.25, -0.2) is 4.39 Å². The molecule has 1 nitrogen and oxygen atoms in total. The molecule has 0 fully saturated rings. The Morgan fingerprint density at radius 1 is 1.54 bits per heavy atom. The predicted octanol–water partition coefficient (Wildman–Crippen LogP) is 2.85. The van der Waals surface area contributed by atoms with Gasteiger partial charge in [-0.1, -0.05) is 18.5 Å². The van der Waals surface area contributed by atoms with Crippen LogP contribution in [0.5, 0.6) is 0 Å². The van der Waals surface area contributed by atoms with Crippen LogP contribution in [0.1, 0.15) is 22.8 Å². The minimum atomic E-state index is -0.439. The number of carbonyl (C=O) groups is 1. The van der Waals surface area contributed by atoms with E-state index in [0.29, 0.717) is 17.0 Å². The molecule has 0 saturated carbocycles. The predicted molar refractivity (Wildman–Crippen MR) is 48.6 cm³/mol. The summed E-state index contributed by atoms with van der Waals surface area (Å²) >= 11 is 5.81. The van der Waals surface area contributed by atoms with Crippen molar-refractivity contribution in [3.05, 3.63) is 34.1 Å². The van der Waals surface area contributed by atoms with Crippen molar-refractivity contribution in [3.63, 3.8) is 0 Å². The topological polar surface area (TPSA) is 17.1 Å². The van der Waals surface area contributed by atoms with Gasteiger partial charge in [0.2, 0.25) is 0 Å². The van der Waals surface area contributed by atoms with Crippen molar-refractivity contribution in [2.24, 2.45) is 5.92 Å². The summed E-state index contributed by atoms with van der Waals surface area (Å²) in [5.41, 5.74) is 1.25. The van der Waals surface area contributed by atoms with Crippen molar-refractivity contribution >= 4 is 17.4 Å². The maximum atomic E-state index is 12.9. The second-order valence-corrected chi connectivity index (χ2v) is 3.79. The number of halogens is 2. The zero-order valence-corrected chi connectivity index (χ0v) is 7.86. The molecule has 1 aliphatic carbocycles. The fourth-order valence-corrected chi connectivity index (χ4v) is 1.98. The van der Waals surface area contributed by atoms with Gasteiger partial charge >= 0.3 is 0 Å². The van der Waals surface area contributed by atoms with E-state index in [2.05, 4.69) is 0 Å². The van der Waals surface area contributed by atoms with E-state index in [1.165, 1.54) is 12.1 Å². The van der Waals surface area contributed by atoms with Crippen molar-refractivity contribution in [2.75, 3.05) is 0 Å². The molecule has 1 aliphatic rings.